The number of aliphatic imine (C=N–C) groups is 1. The Bertz CT molecular complexity index is 651. The summed E-state index contributed by atoms with van der Waals surface area (Å²) >= 11 is 0. The summed E-state index contributed by atoms with van der Waals surface area (Å²) in [5, 5.41) is 9.55. The third-order valence-electron chi connectivity index (χ3n) is 4.33. The molecule has 1 fully saturated rings. The zero-order valence-electron chi connectivity index (χ0n) is 17.8. The number of ether oxygens (including phenoxy) is 2. The molecular weight excluding hydrogens is 483 g/mol. The number of benzene rings is 1. The molecule has 3 N–H and O–H groups in total. The van der Waals surface area contributed by atoms with Gasteiger partial charge in [-0.05, 0) is 44.7 Å². The molecule has 1 aliphatic carbocycles. The maximum Gasteiger partial charge on any atom is 0.220 e. The normalized spacial score (nSPS) is 13.4. The van der Waals surface area contributed by atoms with Gasteiger partial charge in [-0.3, -0.25) is 4.79 Å². The number of nitrogens with zero attached hydrogens (tertiary/aromatic N) is 1. The van der Waals surface area contributed by atoms with Crippen molar-refractivity contribution in [3.63, 3.8) is 0 Å². The summed E-state index contributed by atoms with van der Waals surface area (Å²) in [6.45, 7) is 7.13. The van der Waals surface area contributed by atoms with Crippen LogP contribution in [0.25, 0.3) is 0 Å². The van der Waals surface area contributed by atoms with Crippen molar-refractivity contribution in [2.24, 2.45) is 4.99 Å². The molecule has 164 valence electrons. The molecule has 1 aromatic carbocycles. The smallest absolute Gasteiger partial charge is 0.220 e. The van der Waals surface area contributed by atoms with E-state index in [2.05, 4.69) is 27.0 Å². The second-order valence-electron chi connectivity index (χ2n) is 7.02. The minimum absolute atomic E-state index is 0. The molecule has 7 nitrogen and oxygen atoms in total. The molecule has 0 aromatic heterocycles. The second-order valence-corrected chi connectivity index (χ2v) is 7.02. The molecule has 2 rings (SSSR count). The van der Waals surface area contributed by atoms with E-state index in [0.29, 0.717) is 38.8 Å². The molecular formula is C21H35IN4O3. The van der Waals surface area contributed by atoms with Gasteiger partial charge in [-0.15, -0.1) is 24.0 Å². The first-order valence-electron chi connectivity index (χ1n) is 10.1. The van der Waals surface area contributed by atoms with Crippen LogP contribution in [0.5, 0.6) is 5.75 Å². The Balaban J connectivity index is 0.00000420. The van der Waals surface area contributed by atoms with Crippen molar-refractivity contribution in [2.75, 3.05) is 33.4 Å². The SMILES string of the molecule is CCNC(=NCc1ccc(C)cc1OCCOC)NCCCC(=O)NC1CC1.I. The summed E-state index contributed by atoms with van der Waals surface area (Å²) in [6, 6.07) is 6.56. The van der Waals surface area contributed by atoms with E-state index in [0.717, 1.165) is 48.6 Å². The Morgan fingerprint density at radius 3 is 2.72 bits per heavy atom. The zero-order chi connectivity index (χ0) is 20.2. The van der Waals surface area contributed by atoms with E-state index < -0.39 is 0 Å². The fourth-order valence-corrected chi connectivity index (χ4v) is 2.65. The summed E-state index contributed by atoms with van der Waals surface area (Å²) < 4.78 is 10.9. The van der Waals surface area contributed by atoms with Crippen LogP contribution >= 0.6 is 24.0 Å². The lowest BCUT2D eigenvalue weighted by molar-refractivity contribution is -0.121. The highest BCUT2D eigenvalue weighted by Gasteiger charge is 2.22. The van der Waals surface area contributed by atoms with Crippen LogP contribution < -0.4 is 20.7 Å². The summed E-state index contributed by atoms with van der Waals surface area (Å²) in [4.78, 5) is 16.4. The lowest BCUT2D eigenvalue weighted by Crippen LogP contribution is -2.38. The number of amides is 1. The number of rotatable bonds is 12. The molecule has 0 bridgehead atoms. The highest BCUT2D eigenvalue weighted by molar-refractivity contribution is 14.0. The highest BCUT2D eigenvalue weighted by atomic mass is 127. The number of halogens is 1. The van der Waals surface area contributed by atoms with Crippen LogP contribution in [0.4, 0.5) is 0 Å². The van der Waals surface area contributed by atoms with Gasteiger partial charge in [0.25, 0.3) is 0 Å². The van der Waals surface area contributed by atoms with Crippen molar-refractivity contribution in [1.82, 2.24) is 16.0 Å². The van der Waals surface area contributed by atoms with Gasteiger partial charge in [0.2, 0.25) is 5.91 Å². The minimum atomic E-state index is 0. The fraction of sp³-hybridized carbons (Fsp3) is 0.619. The average Bonchev–Trinajstić information content (AvgIpc) is 3.48. The third-order valence-corrected chi connectivity index (χ3v) is 4.33. The number of methoxy groups -OCH3 is 1. The summed E-state index contributed by atoms with van der Waals surface area (Å²) in [5.74, 6) is 1.73. The van der Waals surface area contributed by atoms with Gasteiger partial charge in [-0.1, -0.05) is 12.1 Å². The molecule has 0 spiro atoms. The van der Waals surface area contributed by atoms with Gasteiger partial charge >= 0.3 is 0 Å². The van der Waals surface area contributed by atoms with Crippen LogP contribution in [0.1, 0.15) is 43.7 Å². The molecule has 8 heteroatoms. The lowest BCUT2D eigenvalue weighted by Gasteiger charge is -2.13. The molecule has 29 heavy (non-hydrogen) atoms. The minimum Gasteiger partial charge on any atom is -0.491 e. The quantitative estimate of drug-likeness (QED) is 0.172. The van der Waals surface area contributed by atoms with E-state index in [1.54, 1.807) is 7.11 Å². The second kappa shape index (κ2) is 14.4. The van der Waals surface area contributed by atoms with Gasteiger partial charge in [0, 0.05) is 38.2 Å². The summed E-state index contributed by atoms with van der Waals surface area (Å²) in [6.07, 6.45) is 3.56. The molecule has 0 atom stereocenters. The number of nitrogens with one attached hydrogen (secondary N) is 3. The van der Waals surface area contributed by atoms with Crippen molar-refractivity contribution >= 4 is 35.8 Å². The number of aryl methyl sites for hydroxylation is 1. The first kappa shape index (κ1) is 25.5. The Kier molecular flexibility index (Phi) is 12.7. The van der Waals surface area contributed by atoms with Crippen molar-refractivity contribution in [3.8, 4) is 5.75 Å². The number of carbonyl (C=O) groups is 1. The number of hydrogen-bond donors (Lipinski definition) is 3. The number of hydrogen-bond acceptors (Lipinski definition) is 4. The van der Waals surface area contributed by atoms with E-state index in [4.69, 9.17) is 9.47 Å². The predicted molar refractivity (Wildman–Crippen MR) is 127 cm³/mol. The predicted octanol–water partition coefficient (Wildman–Crippen LogP) is 2.75. The van der Waals surface area contributed by atoms with Gasteiger partial charge in [0.15, 0.2) is 5.96 Å². The Labute approximate surface area is 191 Å². The maximum atomic E-state index is 11.7. The molecule has 1 saturated carbocycles. The average molecular weight is 518 g/mol. The molecule has 1 amide bonds. The van der Waals surface area contributed by atoms with Gasteiger partial charge in [0.1, 0.15) is 12.4 Å². The van der Waals surface area contributed by atoms with E-state index >= 15 is 0 Å². The van der Waals surface area contributed by atoms with Gasteiger partial charge in [-0.25, -0.2) is 4.99 Å². The van der Waals surface area contributed by atoms with Crippen molar-refractivity contribution in [1.29, 1.82) is 0 Å². The maximum absolute atomic E-state index is 11.7. The van der Waals surface area contributed by atoms with E-state index in [1.807, 2.05) is 26.0 Å². The van der Waals surface area contributed by atoms with Crippen LogP contribution in [0.2, 0.25) is 0 Å². The molecule has 0 aliphatic heterocycles. The Hall–Kier alpha value is -1.55. The number of carbonyl (C=O) groups excluding carboxylic acids is 1. The third kappa shape index (κ3) is 10.7. The van der Waals surface area contributed by atoms with E-state index in [-0.39, 0.29) is 29.9 Å². The standard InChI is InChI=1S/C21H34N4O3.HI/c1-4-22-21(23-11-5-6-20(26)25-18-9-10-18)24-15-17-8-7-16(2)14-19(17)28-13-12-27-3;/h7-8,14,18H,4-6,9-13,15H2,1-3H3,(H,25,26)(H2,22,23,24);1H. The van der Waals surface area contributed by atoms with Crippen LogP contribution in [-0.4, -0.2) is 51.3 Å². The Morgan fingerprint density at radius 1 is 1.24 bits per heavy atom. The van der Waals surface area contributed by atoms with Crippen molar-refractivity contribution < 1.29 is 14.3 Å². The lowest BCUT2D eigenvalue weighted by atomic mass is 10.1. The van der Waals surface area contributed by atoms with Gasteiger partial charge in [0.05, 0.1) is 13.2 Å². The topological polar surface area (TPSA) is 84.0 Å². The van der Waals surface area contributed by atoms with E-state index in [9.17, 15) is 4.79 Å². The van der Waals surface area contributed by atoms with Crippen molar-refractivity contribution in [3.05, 3.63) is 29.3 Å². The first-order chi connectivity index (χ1) is 13.6. The molecule has 1 aliphatic rings. The first-order valence-corrected chi connectivity index (χ1v) is 10.1. The zero-order valence-corrected chi connectivity index (χ0v) is 20.1. The Morgan fingerprint density at radius 2 is 2.03 bits per heavy atom. The van der Waals surface area contributed by atoms with Crippen molar-refractivity contribution in [2.45, 2.75) is 52.1 Å². The molecule has 0 radical (unpaired) electrons. The fourth-order valence-electron chi connectivity index (χ4n) is 2.65. The molecule has 1 aromatic rings. The number of guanidine groups is 1. The highest BCUT2D eigenvalue weighted by Crippen LogP contribution is 2.21. The van der Waals surface area contributed by atoms with Crippen LogP contribution in [-0.2, 0) is 16.1 Å². The molecule has 0 saturated heterocycles. The molecule has 0 unspecified atom stereocenters. The largest absolute Gasteiger partial charge is 0.491 e. The summed E-state index contributed by atoms with van der Waals surface area (Å²) in [7, 11) is 1.66. The van der Waals surface area contributed by atoms with Crippen LogP contribution in [0, 0.1) is 6.92 Å². The van der Waals surface area contributed by atoms with Gasteiger partial charge < -0.3 is 25.4 Å². The van der Waals surface area contributed by atoms with Crippen LogP contribution in [0.15, 0.2) is 23.2 Å². The monoisotopic (exact) mass is 518 g/mol. The summed E-state index contributed by atoms with van der Waals surface area (Å²) in [5.41, 5.74) is 2.18. The molecule has 0 heterocycles. The van der Waals surface area contributed by atoms with E-state index in [1.165, 1.54) is 0 Å². The van der Waals surface area contributed by atoms with Crippen LogP contribution in [0.3, 0.4) is 0 Å². The van der Waals surface area contributed by atoms with Gasteiger partial charge in [-0.2, -0.15) is 0 Å².